The summed E-state index contributed by atoms with van der Waals surface area (Å²) in [4.78, 5) is 57.7. The summed E-state index contributed by atoms with van der Waals surface area (Å²) < 4.78 is 11.2. The van der Waals surface area contributed by atoms with Crippen LogP contribution in [0.1, 0.15) is 12.5 Å². The van der Waals surface area contributed by atoms with Crippen molar-refractivity contribution in [2.75, 3.05) is 18.5 Å². The van der Waals surface area contributed by atoms with Gasteiger partial charge >= 0.3 is 17.8 Å². The van der Waals surface area contributed by atoms with Gasteiger partial charge in [0.15, 0.2) is 5.65 Å². The van der Waals surface area contributed by atoms with Crippen LogP contribution in [0.5, 0.6) is 0 Å². The molecule has 12 nitrogen and oxygen atoms in total. The van der Waals surface area contributed by atoms with Crippen LogP contribution in [0.15, 0.2) is 41.5 Å². The van der Waals surface area contributed by atoms with Gasteiger partial charge in [-0.25, -0.2) is 14.6 Å². The zero-order valence-corrected chi connectivity index (χ0v) is 16.6. The molecule has 0 bridgehead atoms. The van der Waals surface area contributed by atoms with E-state index in [1.54, 1.807) is 19.1 Å². The highest BCUT2D eigenvalue weighted by Gasteiger charge is 2.16. The Morgan fingerprint density at radius 1 is 1.16 bits per heavy atom. The molecule has 2 amide bonds. The summed E-state index contributed by atoms with van der Waals surface area (Å²) in [6, 6.07) is 9.07. The van der Waals surface area contributed by atoms with Crippen LogP contribution in [0, 0.1) is 0 Å². The first-order valence-corrected chi connectivity index (χ1v) is 9.31. The monoisotopic (exact) mass is 428 g/mol. The van der Waals surface area contributed by atoms with Gasteiger partial charge in [-0.3, -0.25) is 19.9 Å². The fraction of sp³-hybridized carbons (Fsp3) is 0.263. The number of esters is 1. The number of aromatic amines is 1. The molecule has 0 aliphatic carbocycles. The third kappa shape index (κ3) is 5.88. The Morgan fingerprint density at radius 2 is 1.94 bits per heavy atom. The molecule has 1 aromatic carbocycles. The number of carbonyl (C=O) groups is 3. The summed E-state index contributed by atoms with van der Waals surface area (Å²) in [5, 5.41) is 4.82. The second-order valence-corrected chi connectivity index (χ2v) is 6.23. The summed E-state index contributed by atoms with van der Waals surface area (Å²) in [7, 11) is 0. The van der Waals surface area contributed by atoms with E-state index in [4.69, 9.17) is 9.47 Å². The molecule has 2 aromatic heterocycles. The van der Waals surface area contributed by atoms with Crippen LogP contribution in [0.4, 0.5) is 10.6 Å². The molecule has 0 spiro atoms. The van der Waals surface area contributed by atoms with Crippen molar-refractivity contribution in [3.05, 3.63) is 52.7 Å². The predicted molar refractivity (Wildman–Crippen MR) is 108 cm³/mol. The van der Waals surface area contributed by atoms with Gasteiger partial charge in [0.1, 0.15) is 31.0 Å². The summed E-state index contributed by atoms with van der Waals surface area (Å²) in [6.07, 6.45) is 0.490. The van der Waals surface area contributed by atoms with Crippen LogP contribution in [0.2, 0.25) is 0 Å². The highest BCUT2D eigenvalue weighted by molar-refractivity contribution is 5.93. The minimum Gasteiger partial charge on any atom is -0.465 e. The van der Waals surface area contributed by atoms with Crippen molar-refractivity contribution in [2.45, 2.75) is 20.1 Å². The van der Waals surface area contributed by atoms with Gasteiger partial charge in [0.25, 0.3) is 0 Å². The molecule has 0 aliphatic rings. The van der Waals surface area contributed by atoms with Gasteiger partial charge in [0.05, 0.1) is 12.9 Å². The second kappa shape index (κ2) is 10.0. The normalized spacial score (nSPS) is 10.5. The number of H-pyrrole nitrogens is 1. The molecule has 0 atom stereocenters. The van der Waals surface area contributed by atoms with E-state index < -0.39 is 23.7 Å². The molecule has 0 radical (unpaired) electrons. The zero-order chi connectivity index (χ0) is 22.2. The van der Waals surface area contributed by atoms with E-state index in [-0.39, 0.29) is 43.3 Å². The number of hydrogen-bond acceptors (Lipinski definition) is 8. The number of benzene rings is 1. The van der Waals surface area contributed by atoms with Crippen molar-refractivity contribution in [3.8, 4) is 0 Å². The van der Waals surface area contributed by atoms with Crippen molar-refractivity contribution in [2.24, 2.45) is 0 Å². The van der Waals surface area contributed by atoms with Crippen molar-refractivity contribution in [1.29, 1.82) is 0 Å². The number of hydrogen-bond donors (Lipinski definition) is 3. The Kier molecular flexibility index (Phi) is 6.93. The Morgan fingerprint density at radius 3 is 2.68 bits per heavy atom. The number of carbonyl (C=O) groups excluding carboxylic acids is 3. The molecule has 31 heavy (non-hydrogen) atoms. The standard InChI is InChI=1S/C19H20N6O6/c1-2-30-14(27)8-20-13(26)9-25-11-21-15-16(22-18(28)24-17(15)25)23-19(29)31-10-12-6-4-3-5-7-12/h3-7,11H,2,8-10H2,1H3,(H,20,26)(H2,22,23,24,28,29). The molecule has 0 saturated heterocycles. The third-order valence-electron chi connectivity index (χ3n) is 3.98. The van der Waals surface area contributed by atoms with E-state index in [1.165, 1.54) is 10.9 Å². The number of imidazole rings is 1. The van der Waals surface area contributed by atoms with E-state index in [9.17, 15) is 19.2 Å². The van der Waals surface area contributed by atoms with Crippen LogP contribution >= 0.6 is 0 Å². The minimum atomic E-state index is -0.797. The molecule has 0 saturated carbocycles. The van der Waals surface area contributed by atoms with E-state index in [0.717, 1.165) is 5.56 Å². The number of fused-ring (bicyclic) bond motifs is 1. The maximum Gasteiger partial charge on any atom is 0.413 e. The Bertz CT molecular complexity index is 1140. The average Bonchev–Trinajstić information content (AvgIpc) is 3.14. The van der Waals surface area contributed by atoms with Crippen molar-refractivity contribution >= 4 is 35.0 Å². The molecule has 0 aliphatic heterocycles. The number of ether oxygens (including phenoxy) is 2. The molecular weight excluding hydrogens is 408 g/mol. The van der Waals surface area contributed by atoms with Crippen LogP contribution in [-0.2, 0) is 32.2 Å². The quantitative estimate of drug-likeness (QED) is 0.439. The summed E-state index contributed by atoms with van der Waals surface area (Å²) in [5.41, 5.74) is 0.284. The van der Waals surface area contributed by atoms with Crippen molar-refractivity contribution < 1.29 is 23.9 Å². The number of rotatable bonds is 8. The predicted octanol–water partition coefficient (Wildman–Crippen LogP) is 0.548. The molecule has 3 aromatic rings. The summed E-state index contributed by atoms with van der Waals surface area (Å²) in [5.74, 6) is -1.09. The first kappa shape index (κ1) is 21.5. The van der Waals surface area contributed by atoms with E-state index in [1.807, 2.05) is 18.2 Å². The van der Waals surface area contributed by atoms with Crippen LogP contribution in [0.3, 0.4) is 0 Å². The molecule has 0 unspecified atom stereocenters. The first-order chi connectivity index (χ1) is 15.0. The van der Waals surface area contributed by atoms with E-state index in [0.29, 0.717) is 0 Å². The Hall–Kier alpha value is -4.22. The third-order valence-corrected chi connectivity index (χ3v) is 3.98. The van der Waals surface area contributed by atoms with Gasteiger partial charge in [0, 0.05) is 0 Å². The molecule has 3 rings (SSSR count). The highest BCUT2D eigenvalue weighted by Crippen LogP contribution is 2.16. The van der Waals surface area contributed by atoms with Crippen molar-refractivity contribution in [3.63, 3.8) is 0 Å². The Balaban J connectivity index is 1.67. The molecule has 162 valence electrons. The van der Waals surface area contributed by atoms with Gasteiger partial charge in [0.2, 0.25) is 5.91 Å². The summed E-state index contributed by atoms with van der Waals surface area (Å²) >= 11 is 0. The number of aromatic nitrogens is 4. The number of nitrogens with one attached hydrogen (secondary N) is 3. The van der Waals surface area contributed by atoms with E-state index in [2.05, 4.69) is 25.6 Å². The Labute approximate surface area is 175 Å². The smallest absolute Gasteiger partial charge is 0.413 e. The lowest BCUT2D eigenvalue weighted by atomic mass is 10.2. The second-order valence-electron chi connectivity index (χ2n) is 6.23. The number of anilines is 1. The number of nitrogens with zero attached hydrogens (tertiary/aromatic N) is 3. The average molecular weight is 428 g/mol. The van der Waals surface area contributed by atoms with Gasteiger partial charge in [-0.05, 0) is 12.5 Å². The fourth-order valence-electron chi connectivity index (χ4n) is 2.62. The molecule has 2 heterocycles. The van der Waals surface area contributed by atoms with Gasteiger partial charge in [-0.15, -0.1) is 0 Å². The van der Waals surface area contributed by atoms with Crippen LogP contribution < -0.4 is 16.3 Å². The van der Waals surface area contributed by atoms with Gasteiger partial charge in [-0.1, -0.05) is 30.3 Å². The molecular formula is C19H20N6O6. The molecule has 0 fully saturated rings. The zero-order valence-electron chi connectivity index (χ0n) is 16.6. The largest absolute Gasteiger partial charge is 0.465 e. The van der Waals surface area contributed by atoms with Crippen molar-refractivity contribution in [1.82, 2.24) is 24.8 Å². The lowest BCUT2D eigenvalue weighted by Gasteiger charge is -2.08. The first-order valence-electron chi connectivity index (χ1n) is 9.31. The summed E-state index contributed by atoms with van der Waals surface area (Å²) in [6.45, 7) is 1.37. The molecule has 12 heteroatoms. The lowest BCUT2D eigenvalue weighted by molar-refractivity contribution is -0.143. The minimum absolute atomic E-state index is 0.0151. The number of amides is 2. The van der Waals surface area contributed by atoms with Gasteiger partial charge in [-0.2, -0.15) is 4.98 Å². The fourth-order valence-corrected chi connectivity index (χ4v) is 2.62. The maximum atomic E-state index is 12.1. The van der Waals surface area contributed by atoms with Gasteiger partial charge < -0.3 is 19.4 Å². The highest BCUT2D eigenvalue weighted by atomic mass is 16.5. The maximum absolute atomic E-state index is 12.1. The topological polar surface area (TPSA) is 157 Å². The van der Waals surface area contributed by atoms with Crippen LogP contribution in [-0.4, -0.2) is 50.6 Å². The lowest BCUT2D eigenvalue weighted by Crippen LogP contribution is -2.33. The molecule has 3 N–H and O–H groups in total. The van der Waals surface area contributed by atoms with E-state index >= 15 is 0 Å². The SMILES string of the molecule is CCOC(=O)CNC(=O)Cn1cnc2c(NC(=O)OCc3ccccc3)[nH]c(=O)nc21. The van der Waals surface area contributed by atoms with Crippen LogP contribution in [0.25, 0.3) is 11.2 Å².